The second-order valence-corrected chi connectivity index (χ2v) is 6.44. The van der Waals surface area contributed by atoms with Crippen LogP contribution in [0.4, 0.5) is 0 Å². The van der Waals surface area contributed by atoms with Crippen molar-refractivity contribution < 1.29 is 0 Å². The topological polar surface area (TPSA) is 43.6 Å². The van der Waals surface area contributed by atoms with Crippen LogP contribution < -0.4 is 0 Å². The standard InChI is InChI=1S/C21H13ClN4/c22-16-10-7-15(8-11-16)20-17-5-3-13-23-21(17)26(25-20)19-12-9-14-4-1-2-6-18(14)24-19/h1-13H. The lowest BCUT2D eigenvalue weighted by atomic mass is 10.1. The van der Waals surface area contributed by atoms with Crippen molar-refractivity contribution in [2.24, 2.45) is 0 Å². The first kappa shape index (κ1) is 15.0. The maximum absolute atomic E-state index is 6.03. The van der Waals surface area contributed by atoms with E-state index in [-0.39, 0.29) is 0 Å². The molecule has 4 nitrogen and oxygen atoms in total. The number of benzene rings is 2. The Kier molecular flexibility index (Phi) is 3.43. The zero-order valence-electron chi connectivity index (χ0n) is 13.7. The average molecular weight is 357 g/mol. The molecule has 0 unspecified atom stereocenters. The van der Waals surface area contributed by atoms with E-state index in [1.165, 1.54) is 0 Å². The summed E-state index contributed by atoms with van der Waals surface area (Å²) in [6, 6.07) is 23.7. The SMILES string of the molecule is Clc1ccc(-c2nn(-c3ccc4ccccc4n3)c3ncccc23)cc1. The summed E-state index contributed by atoms with van der Waals surface area (Å²) in [6.45, 7) is 0. The monoisotopic (exact) mass is 356 g/mol. The van der Waals surface area contributed by atoms with Crippen LogP contribution in [0.25, 0.3) is 39.0 Å². The van der Waals surface area contributed by atoms with Crippen LogP contribution in [0.3, 0.4) is 0 Å². The molecule has 0 aliphatic rings. The molecule has 26 heavy (non-hydrogen) atoms. The molecule has 3 aromatic heterocycles. The first-order chi connectivity index (χ1) is 12.8. The van der Waals surface area contributed by atoms with Crippen LogP contribution in [-0.4, -0.2) is 19.7 Å². The molecule has 0 radical (unpaired) electrons. The van der Waals surface area contributed by atoms with Gasteiger partial charge < -0.3 is 0 Å². The van der Waals surface area contributed by atoms with Crippen molar-refractivity contribution in [2.75, 3.05) is 0 Å². The maximum Gasteiger partial charge on any atom is 0.165 e. The molecule has 0 aliphatic heterocycles. The molecule has 124 valence electrons. The second-order valence-electron chi connectivity index (χ2n) is 6.00. The van der Waals surface area contributed by atoms with Gasteiger partial charge in [0.2, 0.25) is 0 Å². The Hall–Kier alpha value is -3.24. The van der Waals surface area contributed by atoms with Crippen molar-refractivity contribution in [1.82, 2.24) is 19.7 Å². The molecule has 0 saturated carbocycles. The lowest BCUT2D eigenvalue weighted by molar-refractivity contribution is 0.872. The molecule has 0 aliphatic carbocycles. The van der Waals surface area contributed by atoms with Gasteiger partial charge in [0, 0.05) is 27.6 Å². The van der Waals surface area contributed by atoms with Crippen LogP contribution in [0.2, 0.25) is 5.02 Å². The van der Waals surface area contributed by atoms with E-state index < -0.39 is 0 Å². The fraction of sp³-hybridized carbons (Fsp3) is 0. The Labute approximate surface area is 154 Å². The number of hydrogen-bond acceptors (Lipinski definition) is 3. The highest BCUT2D eigenvalue weighted by Crippen LogP contribution is 2.29. The normalized spacial score (nSPS) is 11.3. The van der Waals surface area contributed by atoms with Crippen molar-refractivity contribution in [3.63, 3.8) is 0 Å². The molecule has 0 spiro atoms. The number of nitrogens with zero attached hydrogens (tertiary/aromatic N) is 4. The summed E-state index contributed by atoms with van der Waals surface area (Å²) >= 11 is 6.03. The third-order valence-electron chi connectivity index (χ3n) is 4.36. The number of halogens is 1. The highest BCUT2D eigenvalue weighted by molar-refractivity contribution is 6.30. The number of fused-ring (bicyclic) bond motifs is 2. The number of para-hydroxylation sites is 1. The molecule has 3 heterocycles. The number of aromatic nitrogens is 4. The molecule has 0 amide bonds. The van der Waals surface area contributed by atoms with E-state index in [0.29, 0.717) is 5.02 Å². The summed E-state index contributed by atoms with van der Waals surface area (Å²) in [7, 11) is 0. The van der Waals surface area contributed by atoms with Gasteiger partial charge in [-0.15, -0.1) is 0 Å². The van der Waals surface area contributed by atoms with Crippen LogP contribution in [0.5, 0.6) is 0 Å². The second kappa shape index (κ2) is 5.93. The summed E-state index contributed by atoms with van der Waals surface area (Å²) in [5, 5.41) is 7.59. The Morgan fingerprint density at radius 2 is 1.65 bits per heavy atom. The molecule has 0 fully saturated rings. The van der Waals surface area contributed by atoms with Crippen LogP contribution in [-0.2, 0) is 0 Å². The quantitative estimate of drug-likeness (QED) is 0.431. The Bertz CT molecular complexity index is 1240. The Morgan fingerprint density at radius 3 is 2.54 bits per heavy atom. The van der Waals surface area contributed by atoms with Gasteiger partial charge in [-0.3, -0.25) is 0 Å². The van der Waals surface area contributed by atoms with Crippen LogP contribution in [0.15, 0.2) is 79.0 Å². The predicted molar refractivity (Wildman–Crippen MR) is 105 cm³/mol. The van der Waals surface area contributed by atoms with Crippen molar-refractivity contribution in [3.8, 4) is 17.1 Å². The minimum Gasteiger partial charge on any atom is -0.236 e. The Balaban J connectivity index is 1.76. The molecule has 5 rings (SSSR count). The molecule has 5 heteroatoms. The van der Waals surface area contributed by atoms with Gasteiger partial charge in [-0.1, -0.05) is 41.9 Å². The third kappa shape index (κ3) is 2.43. The van der Waals surface area contributed by atoms with Gasteiger partial charge in [0.05, 0.1) is 5.52 Å². The van der Waals surface area contributed by atoms with Gasteiger partial charge >= 0.3 is 0 Å². The Morgan fingerprint density at radius 1 is 0.808 bits per heavy atom. The van der Waals surface area contributed by atoms with Gasteiger partial charge in [-0.25, -0.2) is 9.97 Å². The van der Waals surface area contributed by atoms with Crippen molar-refractivity contribution >= 4 is 33.5 Å². The average Bonchev–Trinajstić information content (AvgIpc) is 3.08. The molecular weight excluding hydrogens is 344 g/mol. The molecule has 2 aromatic carbocycles. The summed E-state index contributed by atoms with van der Waals surface area (Å²) in [5.41, 5.74) is 3.56. The molecule has 0 atom stereocenters. The summed E-state index contributed by atoms with van der Waals surface area (Å²) in [4.78, 5) is 9.29. The van der Waals surface area contributed by atoms with Gasteiger partial charge in [-0.2, -0.15) is 9.78 Å². The van der Waals surface area contributed by atoms with E-state index in [4.69, 9.17) is 21.7 Å². The molecule has 0 N–H and O–H groups in total. The van der Waals surface area contributed by atoms with E-state index in [9.17, 15) is 0 Å². The summed E-state index contributed by atoms with van der Waals surface area (Å²) < 4.78 is 1.80. The number of pyridine rings is 2. The fourth-order valence-electron chi connectivity index (χ4n) is 3.11. The third-order valence-corrected chi connectivity index (χ3v) is 4.61. The first-order valence-corrected chi connectivity index (χ1v) is 8.63. The van der Waals surface area contributed by atoms with Crippen LogP contribution >= 0.6 is 11.6 Å². The molecule has 0 bridgehead atoms. The lowest BCUT2D eigenvalue weighted by Gasteiger charge is -2.03. The first-order valence-electron chi connectivity index (χ1n) is 8.25. The van der Waals surface area contributed by atoms with Crippen molar-refractivity contribution in [2.45, 2.75) is 0 Å². The predicted octanol–water partition coefficient (Wildman–Crippen LogP) is 5.29. The number of rotatable bonds is 2. The van der Waals surface area contributed by atoms with Gasteiger partial charge in [0.1, 0.15) is 5.69 Å². The van der Waals surface area contributed by atoms with E-state index in [1.54, 1.807) is 10.9 Å². The lowest BCUT2D eigenvalue weighted by Crippen LogP contribution is -2.00. The summed E-state index contributed by atoms with van der Waals surface area (Å²) in [5.74, 6) is 0.743. The van der Waals surface area contributed by atoms with Gasteiger partial charge in [-0.05, 0) is 42.5 Å². The van der Waals surface area contributed by atoms with E-state index in [1.807, 2.05) is 66.7 Å². The van der Waals surface area contributed by atoms with Crippen molar-refractivity contribution in [3.05, 3.63) is 84.0 Å². The highest BCUT2D eigenvalue weighted by Gasteiger charge is 2.15. The smallest absolute Gasteiger partial charge is 0.165 e. The zero-order valence-corrected chi connectivity index (χ0v) is 14.4. The van der Waals surface area contributed by atoms with Crippen molar-refractivity contribution in [1.29, 1.82) is 0 Å². The van der Waals surface area contributed by atoms with Crippen LogP contribution in [0, 0.1) is 0 Å². The largest absolute Gasteiger partial charge is 0.236 e. The highest BCUT2D eigenvalue weighted by atomic mass is 35.5. The van der Waals surface area contributed by atoms with E-state index >= 15 is 0 Å². The zero-order chi connectivity index (χ0) is 17.5. The molecule has 0 saturated heterocycles. The van der Waals surface area contributed by atoms with E-state index in [0.717, 1.165) is 39.0 Å². The van der Waals surface area contributed by atoms with Crippen LogP contribution in [0.1, 0.15) is 0 Å². The summed E-state index contributed by atoms with van der Waals surface area (Å²) in [6.07, 6.45) is 1.77. The molecule has 5 aromatic rings. The number of hydrogen-bond donors (Lipinski definition) is 0. The minimum absolute atomic E-state index is 0.701. The fourth-order valence-corrected chi connectivity index (χ4v) is 3.23. The molecular formula is C21H13ClN4. The minimum atomic E-state index is 0.701. The van der Waals surface area contributed by atoms with E-state index in [2.05, 4.69) is 11.1 Å². The van der Waals surface area contributed by atoms with Gasteiger partial charge in [0.15, 0.2) is 11.5 Å². The maximum atomic E-state index is 6.03. The van der Waals surface area contributed by atoms with Gasteiger partial charge in [0.25, 0.3) is 0 Å².